The van der Waals surface area contributed by atoms with Crippen molar-refractivity contribution in [2.24, 2.45) is 23.2 Å². The summed E-state index contributed by atoms with van der Waals surface area (Å²) in [5.41, 5.74) is -0.383. The molecular weight excluding hydrogens is 324 g/mol. The summed E-state index contributed by atoms with van der Waals surface area (Å²) in [6, 6.07) is 0. The van der Waals surface area contributed by atoms with Gasteiger partial charge in [-0.1, -0.05) is 58.8 Å². The maximum Gasteiger partial charge on any atom is 0.315 e. The van der Waals surface area contributed by atoms with E-state index < -0.39 is 0 Å². The van der Waals surface area contributed by atoms with Crippen LogP contribution >= 0.6 is 0 Å². The van der Waals surface area contributed by atoms with Gasteiger partial charge in [0.15, 0.2) is 0 Å². The topological polar surface area (TPSA) is 35.5 Å². The first kappa shape index (κ1) is 21.7. The van der Waals surface area contributed by atoms with Gasteiger partial charge in [-0.2, -0.15) is 0 Å². The molecule has 0 aromatic rings. The molecule has 0 N–H and O–H groups in total. The number of unbranched alkanes of at least 4 members (excludes halogenated alkanes) is 1. The van der Waals surface area contributed by atoms with Crippen LogP contribution in [0.5, 0.6) is 0 Å². The van der Waals surface area contributed by atoms with Gasteiger partial charge < -0.3 is 9.47 Å². The molecule has 0 saturated heterocycles. The smallest absolute Gasteiger partial charge is 0.315 e. The summed E-state index contributed by atoms with van der Waals surface area (Å²) >= 11 is 0. The van der Waals surface area contributed by atoms with Crippen LogP contribution in [-0.2, 0) is 14.3 Å². The lowest BCUT2D eigenvalue weighted by Crippen LogP contribution is -2.48. The van der Waals surface area contributed by atoms with E-state index in [1.165, 1.54) is 70.6 Å². The van der Waals surface area contributed by atoms with Crippen molar-refractivity contribution in [3.05, 3.63) is 0 Å². The quantitative estimate of drug-likeness (QED) is 0.389. The van der Waals surface area contributed by atoms with Gasteiger partial charge in [0.1, 0.15) is 0 Å². The highest BCUT2D eigenvalue weighted by Gasteiger charge is 2.53. The summed E-state index contributed by atoms with van der Waals surface area (Å²) in [7, 11) is 0. The minimum atomic E-state index is -0.383. The highest BCUT2D eigenvalue weighted by Crippen LogP contribution is 2.51. The number of hydrogen-bond acceptors (Lipinski definition) is 3. The Morgan fingerprint density at radius 1 is 1.00 bits per heavy atom. The molecule has 3 nitrogen and oxygen atoms in total. The molecule has 3 heteroatoms. The summed E-state index contributed by atoms with van der Waals surface area (Å²) in [4.78, 5) is 13.5. The largest absolute Gasteiger partial charge is 0.465 e. The van der Waals surface area contributed by atoms with Crippen LogP contribution in [-0.4, -0.2) is 25.8 Å². The molecule has 1 atom stereocenters. The molecule has 0 aromatic heterocycles. The molecule has 0 radical (unpaired) electrons. The Kier molecular flexibility index (Phi) is 9.45. The molecule has 0 amide bonds. The third kappa shape index (κ3) is 5.24. The van der Waals surface area contributed by atoms with Gasteiger partial charge in [0.2, 0.25) is 0 Å². The Hall–Kier alpha value is -0.570. The van der Waals surface area contributed by atoms with Crippen molar-refractivity contribution >= 4 is 5.97 Å². The van der Waals surface area contributed by atoms with Gasteiger partial charge in [0.05, 0.1) is 18.6 Å². The first-order valence-electron chi connectivity index (χ1n) is 11.4. The molecule has 152 valence electrons. The average Bonchev–Trinajstić information content (AvgIpc) is 3.37. The van der Waals surface area contributed by atoms with Crippen LogP contribution in [0.15, 0.2) is 0 Å². The fraction of sp³-hybridized carbons (Fsp3) is 0.957. The van der Waals surface area contributed by atoms with Crippen LogP contribution < -0.4 is 0 Å². The van der Waals surface area contributed by atoms with Crippen molar-refractivity contribution in [3.63, 3.8) is 0 Å². The predicted octanol–water partition coefficient (Wildman–Crippen LogP) is 6.15. The Morgan fingerprint density at radius 3 is 2.04 bits per heavy atom. The number of esters is 1. The number of ether oxygens (including phenoxy) is 2. The van der Waals surface area contributed by atoms with Crippen LogP contribution in [0.4, 0.5) is 0 Å². The van der Waals surface area contributed by atoms with Crippen LogP contribution in [0.25, 0.3) is 0 Å². The molecule has 0 aromatic carbocycles. The van der Waals surface area contributed by atoms with Gasteiger partial charge in [0.25, 0.3) is 0 Å². The number of rotatable bonds is 12. The highest BCUT2D eigenvalue weighted by molar-refractivity contribution is 5.78. The molecule has 0 aliphatic heterocycles. The first-order chi connectivity index (χ1) is 12.7. The molecule has 2 fully saturated rings. The molecule has 0 spiro atoms. The monoisotopic (exact) mass is 366 g/mol. The molecule has 26 heavy (non-hydrogen) atoms. The Bertz CT molecular complexity index is 378. The van der Waals surface area contributed by atoms with E-state index in [0.29, 0.717) is 37.6 Å². The average molecular weight is 367 g/mol. The van der Waals surface area contributed by atoms with E-state index in [1.54, 1.807) is 0 Å². The molecule has 1 unspecified atom stereocenters. The fourth-order valence-corrected chi connectivity index (χ4v) is 5.34. The van der Waals surface area contributed by atoms with Crippen molar-refractivity contribution in [2.75, 3.05) is 19.8 Å². The van der Waals surface area contributed by atoms with Crippen LogP contribution in [0.2, 0.25) is 0 Å². The summed E-state index contributed by atoms with van der Waals surface area (Å²) in [6.07, 6.45) is 14.4. The number of hydrogen-bond donors (Lipinski definition) is 0. The lowest BCUT2D eigenvalue weighted by Gasteiger charge is -2.41. The van der Waals surface area contributed by atoms with Crippen LogP contribution in [0.3, 0.4) is 0 Å². The van der Waals surface area contributed by atoms with Gasteiger partial charge in [-0.15, -0.1) is 0 Å². The SMILES string of the molecule is CCCCC(CC)COC(=O)C(COCC)(C1CCCC1)C1CCCC1. The summed E-state index contributed by atoms with van der Waals surface area (Å²) in [5, 5.41) is 0. The highest BCUT2D eigenvalue weighted by atomic mass is 16.5. The Labute approximate surface area is 161 Å². The standard InChI is InChI=1S/C23H42O3/c1-4-7-12-19(5-2)17-26-22(24)23(18-25-6-3,20-13-8-9-14-20)21-15-10-11-16-21/h19-21H,4-18H2,1-3H3. The second kappa shape index (κ2) is 11.3. The first-order valence-corrected chi connectivity index (χ1v) is 11.4. The molecule has 2 aliphatic carbocycles. The predicted molar refractivity (Wildman–Crippen MR) is 107 cm³/mol. The van der Waals surface area contributed by atoms with E-state index in [1.807, 2.05) is 6.92 Å². The van der Waals surface area contributed by atoms with E-state index in [9.17, 15) is 4.79 Å². The minimum absolute atomic E-state index is 0.0692. The minimum Gasteiger partial charge on any atom is -0.465 e. The maximum atomic E-state index is 13.5. The van der Waals surface area contributed by atoms with Gasteiger partial charge in [-0.25, -0.2) is 0 Å². The zero-order valence-corrected chi connectivity index (χ0v) is 17.6. The van der Waals surface area contributed by atoms with Crippen molar-refractivity contribution in [3.8, 4) is 0 Å². The summed E-state index contributed by atoms with van der Waals surface area (Å²) in [5.74, 6) is 1.50. The summed E-state index contributed by atoms with van der Waals surface area (Å²) in [6.45, 7) is 8.34. The zero-order chi connectivity index (χ0) is 18.8. The van der Waals surface area contributed by atoms with Gasteiger partial charge in [-0.3, -0.25) is 4.79 Å². The normalized spacial score (nSPS) is 20.6. The van der Waals surface area contributed by atoms with Crippen molar-refractivity contribution in [2.45, 2.75) is 97.8 Å². The third-order valence-electron chi connectivity index (χ3n) is 7.09. The van der Waals surface area contributed by atoms with Crippen molar-refractivity contribution in [1.29, 1.82) is 0 Å². The number of carbonyl (C=O) groups is 1. The molecular formula is C23H42O3. The number of carbonyl (C=O) groups excluding carboxylic acids is 1. The molecule has 2 rings (SSSR count). The summed E-state index contributed by atoms with van der Waals surface area (Å²) < 4.78 is 12.0. The van der Waals surface area contributed by atoms with Crippen LogP contribution in [0, 0.1) is 23.2 Å². The second-order valence-corrected chi connectivity index (χ2v) is 8.66. The third-order valence-corrected chi connectivity index (χ3v) is 7.09. The molecule has 0 bridgehead atoms. The zero-order valence-electron chi connectivity index (χ0n) is 17.6. The van der Waals surface area contributed by atoms with Crippen molar-refractivity contribution < 1.29 is 14.3 Å². The molecule has 2 aliphatic rings. The van der Waals surface area contributed by atoms with E-state index >= 15 is 0 Å². The van der Waals surface area contributed by atoms with Gasteiger partial charge in [0, 0.05) is 6.61 Å². The van der Waals surface area contributed by atoms with Crippen LogP contribution in [0.1, 0.15) is 97.8 Å². The lowest BCUT2D eigenvalue weighted by atomic mass is 9.65. The van der Waals surface area contributed by atoms with E-state index in [-0.39, 0.29) is 11.4 Å². The maximum absolute atomic E-state index is 13.5. The molecule has 0 heterocycles. The van der Waals surface area contributed by atoms with Gasteiger partial charge in [-0.05, 0) is 56.8 Å². The van der Waals surface area contributed by atoms with E-state index in [4.69, 9.17) is 9.47 Å². The van der Waals surface area contributed by atoms with E-state index in [0.717, 1.165) is 6.42 Å². The second-order valence-electron chi connectivity index (χ2n) is 8.66. The Balaban J connectivity index is 2.13. The molecule has 2 saturated carbocycles. The van der Waals surface area contributed by atoms with E-state index in [2.05, 4.69) is 13.8 Å². The van der Waals surface area contributed by atoms with Gasteiger partial charge >= 0.3 is 5.97 Å². The fourth-order valence-electron chi connectivity index (χ4n) is 5.34. The lowest BCUT2D eigenvalue weighted by molar-refractivity contribution is -0.172. The van der Waals surface area contributed by atoms with Crippen molar-refractivity contribution in [1.82, 2.24) is 0 Å². The Morgan fingerprint density at radius 2 is 1.58 bits per heavy atom.